The van der Waals surface area contributed by atoms with Gasteiger partial charge in [-0.2, -0.15) is 0 Å². The van der Waals surface area contributed by atoms with Gasteiger partial charge in [-0.15, -0.1) is 11.3 Å². The monoisotopic (exact) mass is 273 g/mol. The van der Waals surface area contributed by atoms with E-state index in [0.717, 1.165) is 34.1 Å². The zero-order valence-electron chi connectivity index (χ0n) is 10.7. The lowest BCUT2D eigenvalue weighted by atomic mass is 10.1. The zero-order valence-corrected chi connectivity index (χ0v) is 11.5. The number of ether oxygens (including phenoxy) is 1. The molecule has 5 heteroatoms. The van der Waals surface area contributed by atoms with Crippen molar-refractivity contribution in [3.63, 3.8) is 0 Å². The van der Waals surface area contributed by atoms with Crippen molar-refractivity contribution < 1.29 is 4.74 Å². The summed E-state index contributed by atoms with van der Waals surface area (Å²) < 4.78 is 7.46. The van der Waals surface area contributed by atoms with E-state index in [1.807, 2.05) is 24.4 Å². The normalized spacial score (nSPS) is 11.1. The minimum Gasteiger partial charge on any atom is -0.497 e. The van der Waals surface area contributed by atoms with Crippen molar-refractivity contribution in [3.05, 3.63) is 41.7 Å². The van der Waals surface area contributed by atoms with Gasteiger partial charge in [0, 0.05) is 17.4 Å². The lowest BCUT2D eigenvalue weighted by molar-refractivity contribution is 0.415. The molecule has 0 aliphatic heterocycles. The third kappa shape index (κ3) is 2.11. The molecule has 1 aromatic carbocycles. The molecule has 0 bridgehead atoms. The minimum absolute atomic E-state index is 0.604. The number of benzene rings is 1. The molecule has 0 saturated heterocycles. The lowest BCUT2D eigenvalue weighted by Gasteiger charge is -2.05. The van der Waals surface area contributed by atoms with E-state index in [0.29, 0.717) is 6.54 Å². The maximum atomic E-state index is 5.64. The molecule has 0 aliphatic rings. The van der Waals surface area contributed by atoms with Crippen LogP contribution in [0.25, 0.3) is 16.1 Å². The number of methoxy groups -OCH3 is 1. The highest BCUT2D eigenvalue weighted by molar-refractivity contribution is 7.15. The van der Waals surface area contributed by atoms with E-state index < -0.39 is 0 Å². The van der Waals surface area contributed by atoms with Crippen LogP contribution in [0.3, 0.4) is 0 Å². The van der Waals surface area contributed by atoms with E-state index >= 15 is 0 Å². The number of nitrogens with zero attached hydrogens (tertiary/aromatic N) is 2. The first-order chi connectivity index (χ1) is 9.33. The van der Waals surface area contributed by atoms with Gasteiger partial charge in [0.15, 0.2) is 0 Å². The third-order valence-corrected chi connectivity index (χ3v) is 3.94. The predicted molar refractivity (Wildman–Crippen MR) is 77.8 cm³/mol. The van der Waals surface area contributed by atoms with Crippen LogP contribution in [0.4, 0.5) is 0 Å². The van der Waals surface area contributed by atoms with Gasteiger partial charge in [-0.05, 0) is 18.7 Å². The van der Waals surface area contributed by atoms with Crippen molar-refractivity contribution in [1.82, 2.24) is 9.38 Å². The van der Waals surface area contributed by atoms with Gasteiger partial charge in [0.05, 0.1) is 19.0 Å². The minimum atomic E-state index is 0.604. The Morgan fingerprint density at radius 1 is 1.42 bits per heavy atom. The Hall–Kier alpha value is -1.85. The second-order valence-corrected chi connectivity index (χ2v) is 5.13. The number of aromatic nitrogens is 2. The highest BCUT2D eigenvalue weighted by atomic mass is 32.1. The van der Waals surface area contributed by atoms with Crippen molar-refractivity contribution in [2.75, 3.05) is 13.7 Å². The van der Waals surface area contributed by atoms with E-state index in [4.69, 9.17) is 10.5 Å². The maximum absolute atomic E-state index is 5.64. The summed E-state index contributed by atoms with van der Waals surface area (Å²) in [5, 5.41) is 2.14. The second-order valence-electron chi connectivity index (χ2n) is 4.24. The molecule has 0 amide bonds. The van der Waals surface area contributed by atoms with Crippen LogP contribution in [0.2, 0.25) is 0 Å². The molecule has 0 saturated carbocycles. The highest BCUT2D eigenvalue weighted by Gasteiger charge is 2.11. The van der Waals surface area contributed by atoms with Crippen molar-refractivity contribution in [3.8, 4) is 17.0 Å². The van der Waals surface area contributed by atoms with Gasteiger partial charge in [0.2, 0.25) is 0 Å². The molecule has 0 spiro atoms. The summed E-state index contributed by atoms with van der Waals surface area (Å²) in [5.41, 5.74) is 7.91. The summed E-state index contributed by atoms with van der Waals surface area (Å²) in [7, 11) is 1.68. The molecule has 3 rings (SSSR count). The van der Waals surface area contributed by atoms with Crippen molar-refractivity contribution in [1.29, 1.82) is 0 Å². The van der Waals surface area contributed by atoms with Gasteiger partial charge in [-0.25, -0.2) is 4.98 Å². The van der Waals surface area contributed by atoms with Crippen LogP contribution in [-0.2, 0) is 6.42 Å². The zero-order chi connectivity index (χ0) is 13.2. The molecule has 0 atom stereocenters. The topological polar surface area (TPSA) is 52.5 Å². The number of fused-ring (bicyclic) bond motifs is 1. The van der Waals surface area contributed by atoms with E-state index in [2.05, 4.69) is 20.8 Å². The van der Waals surface area contributed by atoms with Crippen LogP contribution in [0, 0.1) is 0 Å². The molecule has 19 heavy (non-hydrogen) atoms. The molecule has 4 nitrogen and oxygen atoms in total. The van der Waals surface area contributed by atoms with E-state index in [1.165, 1.54) is 0 Å². The predicted octanol–water partition coefficient (Wildman–Crippen LogP) is 2.57. The molecule has 0 aliphatic carbocycles. The summed E-state index contributed by atoms with van der Waals surface area (Å²) in [6.45, 7) is 0.604. The summed E-state index contributed by atoms with van der Waals surface area (Å²) in [6.07, 6.45) is 2.68. The second kappa shape index (κ2) is 5.03. The van der Waals surface area contributed by atoms with Crippen LogP contribution in [0.1, 0.15) is 5.82 Å². The van der Waals surface area contributed by atoms with Gasteiger partial charge in [-0.3, -0.25) is 4.40 Å². The quantitative estimate of drug-likeness (QED) is 0.795. The number of hydrogen-bond donors (Lipinski definition) is 1. The molecule has 0 fully saturated rings. The SMILES string of the molecule is COc1cccc(-c2csc3cnc(CCN)n23)c1. The number of rotatable bonds is 4. The summed E-state index contributed by atoms with van der Waals surface area (Å²) >= 11 is 1.69. The number of thiazole rings is 1. The van der Waals surface area contributed by atoms with Crippen molar-refractivity contribution in [2.45, 2.75) is 6.42 Å². The number of nitrogens with two attached hydrogens (primary N) is 1. The van der Waals surface area contributed by atoms with Crippen molar-refractivity contribution in [2.24, 2.45) is 5.73 Å². The molecular weight excluding hydrogens is 258 g/mol. The Kier molecular flexibility index (Phi) is 3.23. The lowest BCUT2D eigenvalue weighted by Crippen LogP contribution is -2.06. The molecule has 98 valence electrons. The average Bonchev–Trinajstić information content (AvgIpc) is 3.02. The smallest absolute Gasteiger partial charge is 0.120 e. The summed E-state index contributed by atoms with van der Waals surface area (Å²) in [4.78, 5) is 5.58. The van der Waals surface area contributed by atoms with Crippen LogP contribution in [0.15, 0.2) is 35.8 Å². The number of hydrogen-bond acceptors (Lipinski definition) is 4. The molecule has 2 aromatic heterocycles. The Labute approximate surface area is 115 Å². The number of imidazole rings is 1. The first-order valence-electron chi connectivity index (χ1n) is 6.12. The van der Waals surface area contributed by atoms with Gasteiger partial charge in [0.1, 0.15) is 16.4 Å². The largest absolute Gasteiger partial charge is 0.497 e. The molecule has 2 N–H and O–H groups in total. The van der Waals surface area contributed by atoms with Gasteiger partial charge in [0.25, 0.3) is 0 Å². The first-order valence-corrected chi connectivity index (χ1v) is 6.99. The maximum Gasteiger partial charge on any atom is 0.120 e. The fraction of sp³-hybridized carbons (Fsp3) is 0.214. The molecule has 0 unspecified atom stereocenters. The average molecular weight is 273 g/mol. The van der Waals surface area contributed by atoms with Crippen LogP contribution >= 0.6 is 11.3 Å². The Balaban J connectivity index is 2.15. The van der Waals surface area contributed by atoms with Crippen LogP contribution in [0.5, 0.6) is 5.75 Å². The van der Waals surface area contributed by atoms with Crippen molar-refractivity contribution >= 4 is 16.2 Å². The Morgan fingerprint density at radius 3 is 3.11 bits per heavy atom. The summed E-state index contributed by atoms with van der Waals surface area (Å²) in [6, 6.07) is 8.06. The first kappa shape index (κ1) is 12.2. The Morgan fingerprint density at radius 2 is 2.32 bits per heavy atom. The van der Waals surface area contributed by atoms with E-state index in [1.54, 1.807) is 18.4 Å². The summed E-state index contributed by atoms with van der Waals surface area (Å²) in [5.74, 6) is 1.87. The fourth-order valence-electron chi connectivity index (χ4n) is 2.17. The fourth-order valence-corrected chi connectivity index (χ4v) is 3.06. The van der Waals surface area contributed by atoms with E-state index in [-0.39, 0.29) is 0 Å². The third-order valence-electron chi connectivity index (χ3n) is 3.07. The van der Waals surface area contributed by atoms with Gasteiger partial charge < -0.3 is 10.5 Å². The highest BCUT2D eigenvalue weighted by Crippen LogP contribution is 2.29. The molecular formula is C14H15N3OS. The van der Waals surface area contributed by atoms with Gasteiger partial charge in [-0.1, -0.05) is 12.1 Å². The Bertz CT molecular complexity index is 702. The van der Waals surface area contributed by atoms with E-state index in [9.17, 15) is 0 Å². The standard InChI is InChI=1S/C14H15N3OS/c1-18-11-4-2-3-10(7-11)12-9-19-14-8-16-13(5-6-15)17(12)14/h2-4,7-9H,5-6,15H2,1H3. The molecule has 0 radical (unpaired) electrons. The molecule has 2 heterocycles. The van der Waals surface area contributed by atoms with Gasteiger partial charge >= 0.3 is 0 Å². The molecule has 3 aromatic rings. The van der Waals surface area contributed by atoms with Crippen LogP contribution in [-0.4, -0.2) is 23.0 Å². The van der Waals surface area contributed by atoms with Crippen LogP contribution < -0.4 is 10.5 Å².